The summed E-state index contributed by atoms with van der Waals surface area (Å²) < 4.78 is 5.03. The van der Waals surface area contributed by atoms with Crippen molar-refractivity contribution in [3.63, 3.8) is 0 Å². The second-order valence-corrected chi connectivity index (χ2v) is 7.10. The normalized spacial score (nSPS) is 10.6. The Morgan fingerprint density at radius 2 is 1.37 bits per heavy atom. The summed E-state index contributed by atoms with van der Waals surface area (Å²) in [5.74, 6) is -0.439. The SMILES string of the molecule is CCCCCCCCCCCCCC(=O)Nc1ccccc1C(=O)OCC. The topological polar surface area (TPSA) is 55.4 Å². The van der Waals surface area contributed by atoms with Gasteiger partial charge in [0.2, 0.25) is 5.91 Å². The summed E-state index contributed by atoms with van der Waals surface area (Å²) >= 11 is 0. The summed E-state index contributed by atoms with van der Waals surface area (Å²) in [7, 11) is 0. The molecule has 0 saturated heterocycles. The molecule has 4 heteroatoms. The Hall–Kier alpha value is -1.84. The van der Waals surface area contributed by atoms with E-state index in [0.29, 0.717) is 24.3 Å². The first-order chi connectivity index (χ1) is 13.2. The number of hydrogen-bond acceptors (Lipinski definition) is 3. The van der Waals surface area contributed by atoms with Crippen LogP contribution in [0.25, 0.3) is 0 Å². The molecular formula is C23H37NO3. The van der Waals surface area contributed by atoms with Crippen LogP contribution in [0.3, 0.4) is 0 Å². The van der Waals surface area contributed by atoms with E-state index in [4.69, 9.17) is 4.74 Å². The molecule has 1 aromatic carbocycles. The van der Waals surface area contributed by atoms with Crippen molar-refractivity contribution in [2.45, 2.75) is 90.9 Å². The van der Waals surface area contributed by atoms with E-state index >= 15 is 0 Å². The molecule has 0 aliphatic carbocycles. The molecule has 0 atom stereocenters. The molecule has 0 saturated carbocycles. The van der Waals surface area contributed by atoms with E-state index in [-0.39, 0.29) is 5.91 Å². The molecule has 4 nitrogen and oxygen atoms in total. The van der Waals surface area contributed by atoms with Crippen LogP contribution in [0.4, 0.5) is 5.69 Å². The number of carbonyl (C=O) groups excluding carboxylic acids is 2. The molecule has 0 radical (unpaired) electrons. The maximum Gasteiger partial charge on any atom is 0.340 e. The summed E-state index contributed by atoms with van der Waals surface area (Å²) in [5, 5.41) is 2.85. The van der Waals surface area contributed by atoms with E-state index in [1.807, 2.05) is 0 Å². The number of hydrogen-bond donors (Lipinski definition) is 1. The van der Waals surface area contributed by atoms with Crippen molar-refractivity contribution in [2.75, 3.05) is 11.9 Å². The van der Waals surface area contributed by atoms with E-state index < -0.39 is 5.97 Å². The lowest BCUT2D eigenvalue weighted by Gasteiger charge is -2.10. The summed E-state index contributed by atoms with van der Waals surface area (Å²) in [6.07, 6.45) is 14.4. The zero-order valence-electron chi connectivity index (χ0n) is 17.2. The number of carbonyl (C=O) groups is 2. The van der Waals surface area contributed by atoms with Crippen LogP contribution in [0.1, 0.15) is 101 Å². The van der Waals surface area contributed by atoms with Crippen molar-refractivity contribution < 1.29 is 14.3 Å². The highest BCUT2D eigenvalue weighted by molar-refractivity contribution is 6.01. The van der Waals surface area contributed by atoms with Gasteiger partial charge in [0.1, 0.15) is 0 Å². The highest BCUT2D eigenvalue weighted by Crippen LogP contribution is 2.17. The lowest BCUT2D eigenvalue weighted by molar-refractivity contribution is -0.116. The van der Waals surface area contributed by atoms with Crippen LogP contribution in [0.15, 0.2) is 24.3 Å². The number of benzene rings is 1. The Balaban J connectivity index is 2.14. The highest BCUT2D eigenvalue weighted by Gasteiger charge is 2.13. The second-order valence-electron chi connectivity index (χ2n) is 7.10. The van der Waals surface area contributed by atoms with Crippen molar-refractivity contribution in [2.24, 2.45) is 0 Å². The summed E-state index contributed by atoms with van der Waals surface area (Å²) in [5.41, 5.74) is 0.940. The van der Waals surface area contributed by atoms with E-state index in [9.17, 15) is 9.59 Å². The monoisotopic (exact) mass is 375 g/mol. The number of anilines is 1. The van der Waals surface area contributed by atoms with Gasteiger partial charge in [-0.2, -0.15) is 0 Å². The van der Waals surface area contributed by atoms with Crippen molar-refractivity contribution in [1.82, 2.24) is 0 Å². The first kappa shape index (κ1) is 23.2. The largest absolute Gasteiger partial charge is 0.462 e. The molecule has 27 heavy (non-hydrogen) atoms. The van der Waals surface area contributed by atoms with Gasteiger partial charge in [-0.15, -0.1) is 0 Å². The average Bonchev–Trinajstić information content (AvgIpc) is 2.66. The van der Waals surface area contributed by atoms with Crippen molar-refractivity contribution in [3.05, 3.63) is 29.8 Å². The molecule has 0 bridgehead atoms. The molecule has 0 spiro atoms. The van der Waals surface area contributed by atoms with E-state index in [0.717, 1.165) is 12.8 Å². The minimum Gasteiger partial charge on any atom is -0.462 e. The van der Waals surface area contributed by atoms with Gasteiger partial charge in [0.25, 0.3) is 0 Å². The second kappa shape index (κ2) is 15.2. The first-order valence-corrected chi connectivity index (χ1v) is 10.7. The zero-order chi connectivity index (χ0) is 19.7. The predicted octanol–water partition coefficient (Wildman–Crippen LogP) is 6.50. The van der Waals surface area contributed by atoms with Crippen LogP contribution >= 0.6 is 0 Å². The number of rotatable bonds is 15. The number of esters is 1. The van der Waals surface area contributed by atoms with Gasteiger partial charge in [-0.25, -0.2) is 4.79 Å². The molecule has 152 valence electrons. The minimum absolute atomic E-state index is 0.0392. The predicted molar refractivity (Wildman–Crippen MR) is 112 cm³/mol. The Labute approximate surface area is 165 Å². The fourth-order valence-electron chi connectivity index (χ4n) is 3.14. The van der Waals surface area contributed by atoms with E-state index in [1.54, 1.807) is 31.2 Å². The van der Waals surface area contributed by atoms with Crippen molar-refractivity contribution in [3.8, 4) is 0 Å². The van der Waals surface area contributed by atoms with Crippen LogP contribution in [0, 0.1) is 0 Å². The Morgan fingerprint density at radius 3 is 1.96 bits per heavy atom. The minimum atomic E-state index is -0.400. The lowest BCUT2D eigenvalue weighted by Crippen LogP contribution is -2.15. The number of nitrogens with one attached hydrogen (secondary N) is 1. The van der Waals surface area contributed by atoms with Crippen LogP contribution in [0.5, 0.6) is 0 Å². The Morgan fingerprint density at radius 1 is 0.815 bits per heavy atom. The van der Waals surface area contributed by atoms with E-state index in [2.05, 4.69) is 12.2 Å². The van der Waals surface area contributed by atoms with Gasteiger partial charge in [0, 0.05) is 6.42 Å². The maximum atomic E-state index is 12.1. The Bertz CT molecular complexity index is 542. The van der Waals surface area contributed by atoms with Crippen LogP contribution in [-0.4, -0.2) is 18.5 Å². The van der Waals surface area contributed by atoms with Gasteiger partial charge < -0.3 is 10.1 Å². The standard InChI is InChI=1S/C23H37NO3/c1-3-5-6-7-8-9-10-11-12-13-14-19-22(25)24-21-18-16-15-17-20(21)23(26)27-4-2/h15-18H,3-14,19H2,1-2H3,(H,24,25). The van der Waals surface area contributed by atoms with Crippen LogP contribution < -0.4 is 5.32 Å². The summed E-state index contributed by atoms with van der Waals surface area (Å²) in [4.78, 5) is 24.1. The third kappa shape index (κ3) is 10.8. The van der Waals surface area contributed by atoms with Gasteiger partial charge >= 0.3 is 5.97 Å². The summed E-state index contributed by atoms with van der Waals surface area (Å²) in [6, 6.07) is 6.99. The lowest BCUT2D eigenvalue weighted by atomic mass is 10.1. The molecule has 0 fully saturated rings. The molecular weight excluding hydrogens is 338 g/mol. The molecule has 1 amide bonds. The molecule has 0 aliphatic heterocycles. The molecule has 1 N–H and O–H groups in total. The first-order valence-electron chi connectivity index (χ1n) is 10.7. The van der Waals surface area contributed by atoms with Crippen molar-refractivity contribution in [1.29, 1.82) is 0 Å². The number of unbranched alkanes of at least 4 members (excludes halogenated alkanes) is 10. The molecule has 1 rings (SSSR count). The quantitative estimate of drug-likeness (QED) is 0.281. The third-order valence-corrected chi connectivity index (χ3v) is 4.70. The molecule has 0 heterocycles. The smallest absolute Gasteiger partial charge is 0.340 e. The fraction of sp³-hybridized carbons (Fsp3) is 0.652. The van der Waals surface area contributed by atoms with Crippen LogP contribution in [-0.2, 0) is 9.53 Å². The maximum absolute atomic E-state index is 12.1. The van der Waals surface area contributed by atoms with E-state index in [1.165, 1.54) is 57.8 Å². The molecule has 0 unspecified atom stereocenters. The number of para-hydroxylation sites is 1. The Kier molecular flexibility index (Phi) is 13.1. The molecule has 0 aliphatic rings. The molecule has 0 aromatic heterocycles. The number of ether oxygens (including phenoxy) is 1. The van der Waals surface area contributed by atoms with Crippen molar-refractivity contribution >= 4 is 17.6 Å². The third-order valence-electron chi connectivity index (χ3n) is 4.70. The van der Waals surface area contributed by atoms with Gasteiger partial charge in [0.15, 0.2) is 0 Å². The van der Waals surface area contributed by atoms with Gasteiger partial charge in [-0.3, -0.25) is 4.79 Å². The van der Waals surface area contributed by atoms with Gasteiger partial charge in [-0.05, 0) is 25.5 Å². The van der Waals surface area contributed by atoms with Gasteiger partial charge in [0.05, 0.1) is 17.9 Å². The average molecular weight is 376 g/mol. The fourth-order valence-corrected chi connectivity index (χ4v) is 3.14. The highest BCUT2D eigenvalue weighted by atomic mass is 16.5. The van der Waals surface area contributed by atoms with Gasteiger partial charge in [-0.1, -0.05) is 83.3 Å². The molecule has 1 aromatic rings. The number of amides is 1. The summed E-state index contributed by atoms with van der Waals surface area (Å²) in [6.45, 7) is 4.34. The zero-order valence-corrected chi connectivity index (χ0v) is 17.2. The van der Waals surface area contributed by atoms with Crippen LogP contribution in [0.2, 0.25) is 0 Å².